The Balaban J connectivity index is 1.49. The maximum atomic E-state index is 12.7. The third kappa shape index (κ3) is 4.64. The fraction of sp³-hybridized carbons (Fsp3) is 0.0455. The molecule has 1 aliphatic heterocycles. The quantitative estimate of drug-likeness (QED) is 0.217. The third-order valence-electron chi connectivity index (χ3n) is 4.21. The minimum absolute atomic E-state index is 0.190. The molecule has 8 heteroatoms. The van der Waals surface area contributed by atoms with Crippen molar-refractivity contribution in [3.63, 3.8) is 0 Å². The summed E-state index contributed by atoms with van der Waals surface area (Å²) < 4.78 is 11.2. The third-order valence-corrected chi connectivity index (χ3v) is 5.84. The van der Waals surface area contributed by atoms with Gasteiger partial charge in [0.2, 0.25) is 0 Å². The monoisotopic (exact) mass is 455 g/mol. The van der Waals surface area contributed by atoms with E-state index in [-0.39, 0.29) is 12.5 Å². The summed E-state index contributed by atoms with van der Waals surface area (Å²) in [6, 6.07) is 16.9. The average Bonchev–Trinajstić information content (AvgIpc) is 3.33. The van der Waals surface area contributed by atoms with E-state index in [9.17, 15) is 9.59 Å². The number of amides is 1. The van der Waals surface area contributed by atoms with Crippen LogP contribution in [0.25, 0.3) is 6.08 Å². The number of esters is 1. The lowest BCUT2D eigenvalue weighted by Crippen LogP contribution is -2.27. The highest BCUT2D eigenvalue weighted by atomic mass is 35.5. The molecule has 5 nitrogen and oxygen atoms in total. The summed E-state index contributed by atoms with van der Waals surface area (Å²) in [4.78, 5) is 27.0. The summed E-state index contributed by atoms with van der Waals surface area (Å²) in [5.74, 6) is 0.344. The number of ether oxygens (including phenoxy) is 1. The standard InChI is InChI=1S/C22H14ClNO4S2/c23-16-8-6-15(7-9-16)21(26)28-17-4-1-3-14(11-17)12-19-20(25)24(22(29)30-19)13-18-5-2-10-27-18/h1-12H,13H2/b19-12-. The zero-order valence-electron chi connectivity index (χ0n) is 15.4. The number of halogens is 1. The predicted molar refractivity (Wildman–Crippen MR) is 120 cm³/mol. The van der Waals surface area contributed by atoms with Crippen molar-refractivity contribution in [3.05, 3.63) is 93.7 Å². The van der Waals surface area contributed by atoms with Gasteiger partial charge in [-0.1, -0.05) is 47.7 Å². The number of nitrogens with zero attached hydrogens (tertiary/aromatic N) is 1. The molecule has 3 aromatic rings. The van der Waals surface area contributed by atoms with E-state index >= 15 is 0 Å². The highest BCUT2D eigenvalue weighted by molar-refractivity contribution is 8.26. The largest absolute Gasteiger partial charge is 0.467 e. The van der Waals surface area contributed by atoms with Crippen molar-refractivity contribution < 1.29 is 18.7 Å². The van der Waals surface area contributed by atoms with Crippen molar-refractivity contribution in [1.29, 1.82) is 0 Å². The number of hydrogen-bond acceptors (Lipinski definition) is 6. The molecule has 1 aliphatic rings. The second-order valence-electron chi connectivity index (χ2n) is 6.32. The zero-order valence-corrected chi connectivity index (χ0v) is 17.8. The van der Waals surface area contributed by atoms with Crippen LogP contribution >= 0.6 is 35.6 Å². The Bertz CT molecular complexity index is 1140. The molecule has 0 bridgehead atoms. The Morgan fingerprint density at radius 2 is 1.97 bits per heavy atom. The van der Waals surface area contributed by atoms with Gasteiger partial charge in [-0.3, -0.25) is 9.69 Å². The smallest absolute Gasteiger partial charge is 0.343 e. The minimum Gasteiger partial charge on any atom is -0.467 e. The van der Waals surface area contributed by atoms with E-state index in [1.54, 1.807) is 66.9 Å². The van der Waals surface area contributed by atoms with Crippen LogP contribution in [0.1, 0.15) is 21.7 Å². The molecule has 2 heterocycles. The first-order valence-electron chi connectivity index (χ1n) is 8.85. The molecule has 150 valence electrons. The van der Waals surface area contributed by atoms with Gasteiger partial charge in [0.25, 0.3) is 5.91 Å². The lowest BCUT2D eigenvalue weighted by Gasteiger charge is -2.12. The second kappa shape index (κ2) is 8.87. The molecule has 0 unspecified atom stereocenters. The van der Waals surface area contributed by atoms with Gasteiger partial charge in [-0.05, 0) is 60.2 Å². The van der Waals surface area contributed by atoms with Gasteiger partial charge in [0.05, 0.1) is 23.3 Å². The fourth-order valence-electron chi connectivity index (χ4n) is 2.77. The first-order valence-corrected chi connectivity index (χ1v) is 10.5. The maximum Gasteiger partial charge on any atom is 0.343 e. The minimum atomic E-state index is -0.492. The summed E-state index contributed by atoms with van der Waals surface area (Å²) >= 11 is 12.4. The Morgan fingerprint density at radius 3 is 2.70 bits per heavy atom. The average molecular weight is 456 g/mol. The first-order chi connectivity index (χ1) is 14.5. The number of carbonyl (C=O) groups is 2. The summed E-state index contributed by atoms with van der Waals surface area (Å²) in [7, 11) is 0. The van der Waals surface area contributed by atoms with Gasteiger partial charge < -0.3 is 9.15 Å². The number of furan rings is 1. The van der Waals surface area contributed by atoms with E-state index in [2.05, 4.69) is 0 Å². The van der Waals surface area contributed by atoms with Crippen molar-refractivity contribution in [2.45, 2.75) is 6.54 Å². The van der Waals surface area contributed by atoms with Gasteiger partial charge in [0.1, 0.15) is 15.8 Å². The van der Waals surface area contributed by atoms with Crippen LogP contribution < -0.4 is 4.74 Å². The Hall–Kier alpha value is -2.87. The predicted octanol–water partition coefficient (Wildman–Crippen LogP) is 5.55. The molecule has 0 radical (unpaired) electrons. The van der Waals surface area contributed by atoms with Gasteiger partial charge in [0, 0.05) is 5.02 Å². The van der Waals surface area contributed by atoms with Crippen molar-refractivity contribution in [1.82, 2.24) is 4.90 Å². The van der Waals surface area contributed by atoms with Crippen molar-refractivity contribution in [3.8, 4) is 5.75 Å². The number of thiocarbonyl (C=S) groups is 1. The zero-order chi connectivity index (χ0) is 21.1. The molecular weight excluding hydrogens is 442 g/mol. The SMILES string of the molecule is O=C(Oc1cccc(/C=C2\SC(=S)N(Cc3ccco3)C2=O)c1)c1ccc(Cl)cc1. The summed E-state index contributed by atoms with van der Waals surface area (Å²) in [5.41, 5.74) is 1.11. The maximum absolute atomic E-state index is 12.7. The number of benzene rings is 2. The number of rotatable bonds is 5. The Labute approximate surface area is 187 Å². The molecule has 0 aliphatic carbocycles. The summed E-state index contributed by atoms with van der Waals surface area (Å²) in [6.07, 6.45) is 3.28. The lowest BCUT2D eigenvalue weighted by atomic mass is 10.2. The molecule has 1 aromatic heterocycles. The van der Waals surface area contributed by atoms with E-state index in [1.165, 1.54) is 16.7 Å². The van der Waals surface area contributed by atoms with Crippen molar-refractivity contribution >= 4 is 57.9 Å². The highest BCUT2D eigenvalue weighted by Gasteiger charge is 2.32. The second-order valence-corrected chi connectivity index (χ2v) is 8.43. The van der Waals surface area contributed by atoms with Gasteiger partial charge in [0.15, 0.2) is 0 Å². The molecule has 1 amide bonds. The Morgan fingerprint density at radius 1 is 1.17 bits per heavy atom. The van der Waals surface area contributed by atoms with Gasteiger partial charge in [-0.2, -0.15) is 0 Å². The Kier molecular flexibility index (Phi) is 6.03. The summed E-state index contributed by atoms with van der Waals surface area (Å²) in [5, 5.41) is 0.540. The van der Waals surface area contributed by atoms with Gasteiger partial charge in [-0.15, -0.1) is 0 Å². The van der Waals surface area contributed by atoms with E-state index in [4.69, 9.17) is 33.0 Å². The van der Waals surface area contributed by atoms with Crippen molar-refractivity contribution in [2.24, 2.45) is 0 Å². The van der Waals surface area contributed by atoms with Crippen LogP contribution in [0.3, 0.4) is 0 Å². The van der Waals surface area contributed by atoms with Crippen LogP contribution in [-0.2, 0) is 11.3 Å². The molecule has 0 spiro atoms. The van der Waals surface area contributed by atoms with Gasteiger partial charge in [-0.25, -0.2) is 4.79 Å². The van der Waals surface area contributed by atoms with E-state index in [0.717, 1.165) is 5.56 Å². The fourth-order valence-corrected chi connectivity index (χ4v) is 4.15. The molecule has 2 aromatic carbocycles. The first kappa shape index (κ1) is 20.4. The molecule has 4 rings (SSSR count). The number of thioether (sulfide) groups is 1. The van der Waals surface area contributed by atoms with Crippen LogP contribution in [0.5, 0.6) is 5.75 Å². The molecule has 0 atom stereocenters. The van der Waals surface area contributed by atoms with Crippen LogP contribution in [0.4, 0.5) is 0 Å². The van der Waals surface area contributed by atoms with E-state index in [0.29, 0.717) is 31.3 Å². The molecule has 30 heavy (non-hydrogen) atoms. The van der Waals surface area contributed by atoms with Crippen molar-refractivity contribution in [2.75, 3.05) is 0 Å². The van der Waals surface area contributed by atoms with E-state index in [1.807, 2.05) is 6.07 Å². The topological polar surface area (TPSA) is 59.8 Å². The molecule has 1 fully saturated rings. The summed E-state index contributed by atoms with van der Waals surface area (Å²) in [6.45, 7) is 0.285. The van der Waals surface area contributed by atoms with Gasteiger partial charge >= 0.3 is 5.97 Å². The number of carbonyl (C=O) groups excluding carboxylic acids is 2. The van der Waals surface area contributed by atoms with Crippen LogP contribution in [0.15, 0.2) is 76.2 Å². The lowest BCUT2D eigenvalue weighted by molar-refractivity contribution is -0.122. The molecule has 0 N–H and O–H groups in total. The van der Waals surface area contributed by atoms with E-state index < -0.39 is 5.97 Å². The molecule has 0 saturated carbocycles. The highest BCUT2D eigenvalue weighted by Crippen LogP contribution is 2.34. The molecular formula is C22H14ClNO4S2. The van der Waals surface area contributed by atoms with Crippen LogP contribution in [0, 0.1) is 0 Å². The number of hydrogen-bond donors (Lipinski definition) is 0. The van der Waals surface area contributed by atoms with Crippen LogP contribution in [0.2, 0.25) is 5.02 Å². The molecule has 1 saturated heterocycles. The normalized spacial score (nSPS) is 15.1. The van der Waals surface area contributed by atoms with Crippen LogP contribution in [-0.4, -0.2) is 21.1 Å².